The van der Waals surface area contributed by atoms with Gasteiger partial charge in [0.25, 0.3) is 5.91 Å². The van der Waals surface area contributed by atoms with Gasteiger partial charge in [0.1, 0.15) is 12.1 Å². The molecule has 2 aromatic carbocycles. The number of aromatic nitrogens is 4. The molecule has 2 N–H and O–H groups in total. The molecule has 15 heteroatoms. The summed E-state index contributed by atoms with van der Waals surface area (Å²) >= 11 is 0. The molecule has 0 atom stereocenters. The van der Waals surface area contributed by atoms with E-state index in [0.717, 1.165) is 11.6 Å². The van der Waals surface area contributed by atoms with E-state index in [9.17, 15) is 22.8 Å². The number of carbonyl (C=O) groups is 1. The zero-order chi connectivity index (χ0) is 33.8. The molecule has 1 aliphatic rings. The van der Waals surface area contributed by atoms with E-state index >= 15 is 0 Å². The Kier molecular flexibility index (Phi) is 9.32. The molecule has 0 radical (unpaired) electrons. The third-order valence-electron chi connectivity index (χ3n) is 7.99. The molecule has 0 aliphatic carbocycles. The summed E-state index contributed by atoms with van der Waals surface area (Å²) in [6.45, 7) is 6.13. The van der Waals surface area contributed by atoms with Crippen LogP contribution in [0.1, 0.15) is 38.6 Å². The van der Waals surface area contributed by atoms with Gasteiger partial charge in [0.2, 0.25) is 5.95 Å². The second-order valence-electron chi connectivity index (χ2n) is 11.4. The minimum atomic E-state index is -4.66. The van der Waals surface area contributed by atoms with Gasteiger partial charge in [0.05, 0.1) is 17.8 Å². The number of anilines is 3. The number of alkyl halides is 3. The van der Waals surface area contributed by atoms with Crippen molar-refractivity contribution in [1.82, 2.24) is 29.7 Å². The number of benzene rings is 2. The highest BCUT2D eigenvalue weighted by atomic mass is 19.4. The Balaban J connectivity index is 1.12. The van der Waals surface area contributed by atoms with Crippen molar-refractivity contribution in [2.45, 2.75) is 33.1 Å². The van der Waals surface area contributed by atoms with Gasteiger partial charge in [-0.1, -0.05) is 12.1 Å². The van der Waals surface area contributed by atoms with Crippen molar-refractivity contribution < 1.29 is 26.8 Å². The largest absolute Gasteiger partial charge is 0.519 e. The molecule has 0 spiro atoms. The van der Waals surface area contributed by atoms with E-state index in [2.05, 4.69) is 30.6 Å². The molecule has 1 saturated heterocycles. The molecule has 248 valence electrons. The molecule has 1 aliphatic heterocycles. The Bertz CT molecular complexity index is 1970. The maximum Gasteiger partial charge on any atom is 0.519 e. The van der Waals surface area contributed by atoms with Gasteiger partial charge < -0.3 is 19.5 Å². The molecule has 0 unspecified atom stereocenters. The fourth-order valence-electron chi connectivity index (χ4n) is 5.36. The Morgan fingerprint density at radius 2 is 1.67 bits per heavy atom. The molecule has 6 rings (SSSR count). The lowest BCUT2D eigenvalue weighted by Gasteiger charge is -2.34. The summed E-state index contributed by atoms with van der Waals surface area (Å²) in [4.78, 5) is 45.3. The number of aryl methyl sites for hydroxylation is 2. The summed E-state index contributed by atoms with van der Waals surface area (Å²) in [5.74, 6) is -0.281. The minimum Gasteiger partial charge on any atom is -0.396 e. The van der Waals surface area contributed by atoms with E-state index in [1.807, 2.05) is 16.7 Å². The first-order valence-corrected chi connectivity index (χ1v) is 15.0. The zero-order valence-electron chi connectivity index (χ0n) is 26.0. The summed E-state index contributed by atoms with van der Waals surface area (Å²) < 4.78 is 52.7. The number of nitrogens with zero attached hydrogens (tertiary/aromatic N) is 6. The first-order chi connectivity index (χ1) is 23.0. The average Bonchev–Trinajstić information content (AvgIpc) is 3.39. The van der Waals surface area contributed by atoms with Crippen LogP contribution in [-0.4, -0.2) is 61.8 Å². The van der Waals surface area contributed by atoms with Gasteiger partial charge in [-0.2, -0.15) is 13.2 Å². The summed E-state index contributed by atoms with van der Waals surface area (Å²) in [6.07, 6.45) is 1.61. The molecular weight excluding hydrogens is 629 g/mol. The van der Waals surface area contributed by atoms with Crippen molar-refractivity contribution in [2.75, 3.05) is 36.8 Å². The van der Waals surface area contributed by atoms with Crippen molar-refractivity contribution in [1.29, 1.82) is 0 Å². The van der Waals surface area contributed by atoms with Crippen LogP contribution in [0.25, 0.3) is 11.3 Å². The summed E-state index contributed by atoms with van der Waals surface area (Å²) in [7, 11) is 0. The van der Waals surface area contributed by atoms with Crippen LogP contribution in [0, 0.1) is 13.8 Å². The lowest BCUT2D eigenvalue weighted by Crippen LogP contribution is -2.45. The first kappa shape index (κ1) is 32.5. The Labute approximate surface area is 272 Å². The van der Waals surface area contributed by atoms with Crippen LogP contribution in [0.3, 0.4) is 0 Å². The monoisotopic (exact) mass is 660 g/mol. The third kappa shape index (κ3) is 7.75. The smallest absolute Gasteiger partial charge is 0.396 e. The predicted molar refractivity (Wildman–Crippen MR) is 169 cm³/mol. The molecule has 0 saturated carbocycles. The fraction of sp³-hybridized carbons (Fsp3) is 0.273. The molecule has 12 nitrogen and oxygen atoms in total. The van der Waals surface area contributed by atoms with Gasteiger partial charge in [-0.3, -0.25) is 14.6 Å². The van der Waals surface area contributed by atoms with Gasteiger partial charge in [-0.25, -0.2) is 24.7 Å². The van der Waals surface area contributed by atoms with Crippen molar-refractivity contribution in [3.8, 4) is 11.3 Å². The topological polar surface area (TPSA) is 143 Å². The number of nitrogens with one attached hydrogen (secondary N) is 2. The van der Waals surface area contributed by atoms with Gasteiger partial charge >= 0.3 is 12.0 Å². The van der Waals surface area contributed by atoms with Crippen LogP contribution in [0.15, 0.2) is 81.0 Å². The van der Waals surface area contributed by atoms with Crippen LogP contribution in [-0.2, 0) is 19.3 Å². The van der Waals surface area contributed by atoms with Crippen LogP contribution in [0.5, 0.6) is 0 Å². The molecule has 0 bridgehead atoms. The number of carbonyl (C=O) groups excluding carboxylic acids is 1. The number of hydrogen-bond acceptors (Lipinski definition) is 11. The van der Waals surface area contributed by atoms with Crippen LogP contribution in [0.4, 0.5) is 30.5 Å². The molecule has 3 aromatic heterocycles. The average molecular weight is 661 g/mol. The maximum absolute atomic E-state index is 14.2. The fourth-order valence-corrected chi connectivity index (χ4v) is 5.36. The second kappa shape index (κ2) is 13.8. The van der Waals surface area contributed by atoms with E-state index in [1.54, 1.807) is 49.8 Å². The summed E-state index contributed by atoms with van der Waals surface area (Å²) in [5, 5.41) is 5.84. The van der Waals surface area contributed by atoms with Crippen LogP contribution >= 0.6 is 0 Å². The van der Waals surface area contributed by atoms with Crippen LogP contribution < -0.4 is 16.5 Å². The molecule has 1 amide bonds. The molecule has 48 heavy (non-hydrogen) atoms. The molecule has 5 aromatic rings. The van der Waals surface area contributed by atoms with E-state index in [0.29, 0.717) is 72.8 Å². The normalized spacial score (nSPS) is 14.2. The standard InChI is InChI=1S/C33H31F3N8O4/c1-20-3-6-25(14-28(20)42-31-39-8-7-27(41-31)24-15-37-19-38-16-24)40-30(45)22-4-5-23(26(13-22)33(34,35)36)17-43-9-11-44(12-10-43)18-29-21(2)47-32(46)48-29/h3-8,13-16,19H,9-12,17-18H2,1-2H3,(H,40,45)(H,39,41,42). The third-order valence-corrected chi connectivity index (χ3v) is 7.99. The number of amides is 1. The lowest BCUT2D eigenvalue weighted by molar-refractivity contribution is -0.138. The molecular formula is C33H31F3N8O4. The van der Waals surface area contributed by atoms with Gasteiger partial charge in [0.15, 0.2) is 5.76 Å². The molecule has 4 heterocycles. The van der Waals surface area contributed by atoms with Crippen molar-refractivity contribution in [2.24, 2.45) is 0 Å². The quantitative estimate of drug-likeness (QED) is 0.209. The zero-order valence-corrected chi connectivity index (χ0v) is 26.0. The first-order valence-electron chi connectivity index (χ1n) is 15.0. The Morgan fingerprint density at radius 3 is 2.35 bits per heavy atom. The Hall–Kier alpha value is -5.41. The van der Waals surface area contributed by atoms with E-state index < -0.39 is 23.5 Å². The van der Waals surface area contributed by atoms with Gasteiger partial charge in [-0.15, -0.1) is 0 Å². The SMILES string of the molecule is Cc1ccc(NC(=O)c2ccc(CN3CCN(Cc4oc(=O)oc4C)CC3)c(C(F)(F)F)c2)cc1Nc1nccc(-c2cncnc2)n1. The van der Waals surface area contributed by atoms with E-state index in [-0.39, 0.29) is 17.7 Å². The summed E-state index contributed by atoms with van der Waals surface area (Å²) in [6, 6.07) is 10.5. The lowest BCUT2D eigenvalue weighted by atomic mass is 10.0. The van der Waals surface area contributed by atoms with Gasteiger partial charge in [-0.05, 0) is 55.3 Å². The highest BCUT2D eigenvalue weighted by molar-refractivity contribution is 6.04. The van der Waals surface area contributed by atoms with Crippen molar-refractivity contribution >= 4 is 23.2 Å². The van der Waals surface area contributed by atoms with Crippen LogP contribution in [0.2, 0.25) is 0 Å². The number of hydrogen-bond donors (Lipinski definition) is 2. The Morgan fingerprint density at radius 1 is 0.938 bits per heavy atom. The predicted octanol–water partition coefficient (Wildman–Crippen LogP) is 5.43. The van der Waals surface area contributed by atoms with E-state index in [1.165, 1.54) is 18.5 Å². The molecule has 1 fully saturated rings. The number of halogens is 3. The number of rotatable bonds is 9. The highest BCUT2D eigenvalue weighted by Gasteiger charge is 2.35. The van der Waals surface area contributed by atoms with E-state index in [4.69, 9.17) is 8.83 Å². The van der Waals surface area contributed by atoms with Gasteiger partial charge in [0, 0.05) is 73.8 Å². The highest BCUT2D eigenvalue weighted by Crippen LogP contribution is 2.34. The second-order valence-corrected chi connectivity index (χ2v) is 11.4. The van der Waals surface area contributed by atoms with Crippen molar-refractivity contribution in [3.63, 3.8) is 0 Å². The minimum absolute atomic E-state index is 0.0674. The maximum atomic E-state index is 14.2. The summed E-state index contributed by atoms with van der Waals surface area (Å²) in [5.41, 5.74) is 2.23. The van der Waals surface area contributed by atoms with Crippen molar-refractivity contribution in [3.05, 3.63) is 112 Å². The number of piperazine rings is 1.